The van der Waals surface area contributed by atoms with Crippen LogP contribution in [0.2, 0.25) is 10.0 Å². The normalized spacial score (nSPS) is 23.9. The number of likely N-dealkylation sites (tertiary alicyclic amines) is 2. The summed E-state index contributed by atoms with van der Waals surface area (Å²) in [6.07, 6.45) is 7.13. The molecular formula is C36H43Cl2N3O7. The number of carbonyl (C=O) groups excluding carboxylic acids is 2. The Balaban J connectivity index is 1.12. The predicted octanol–water partition coefficient (Wildman–Crippen LogP) is 6.66. The summed E-state index contributed by atoms with van der Waals surface area (Å²) in [4.78, 5) is 42.8. The molecule has 0 spiro atoms. The van der Waals surface area contributed by atoms with Gasteiger partial charge in [-0.1, -0.05) is 41.4 Å². The van der Waals surface area contributed by atoms with E-state index in [-0.39, 0.29) is 53.5 Å². The number of carbonyl (C=O) groups is 3. The number of rotatable bonds is 11. The maximum Gasteiger partial charge on any atom is 0.306 e. The van der Waals surface area contributed by atoms with Crippen LogP contribution in [0.3, 0.4) is 0 Å². The van der Waals surface area contributed by atoms with Crippen molar-refractivity contribution in [3.8, 4) is 0 Å². The number of benzene rings is 2. The number of carboxylic acids is 1. The number of nitrogens with one attached hydrogen (secondary N) is 1. The van der Waals surface area contributed by atoms with Gasteiger partial charge in [-0.2, -0.15) is 0 Å². The van der Waals surface area contributed by atoms with Crippen molar-refractivity contribution in [1.82, 2.24) is 9.80 Å². The monoisotopic (exact) mass is 699 g/mol. The molecule has 3 aliphatic rings. The summed E-state index contributed by atoms with van der Waals surface area (Å²) in [6.45, 7) is 5.59. The van der Waals surface area contributed by atoms with Gasteiger partial charge in [0, 0.05) is 42.7 Å². The van der Waals surface area contributed by atoms with Gasteiger partial charge in [0.05, 0.1) is 53.5 Å². The zero-order chi connectivity index (χ0) is 33.8. The molecule has 3 fully saturated rings. The highest BCUT2D eigenvalue weighted by molar-refractivity contribution is 6.36. The third kappa shape index (κ3) is 8.00. The highest BCUT2D eigenvalue weighted by Crippen LogP contribution is 2.33. The van der Waals surface area contributed by atoms with E-state index in [1.54, 1.807) is 18.2 Å². The topological polar surface area (TPSA) is 122 Å². The van der Waals surface area contributed by atoms with Crippen molar-refractivity contribution in [2.75, 3.05) is 38.2 Å². The van der Waals surface area contributed by atoms with Crippen LogP contribution in [0.1, 0.15) is 67.8 Å². The van der Waals surface area contributed by atoms with E-state index >= 15 is 0 Å². The molecule has 2 atom stereocenters. The Morgan fingerprint density at radius 1 is 0.979 bits per heavy atom. The molecule has 0 radical (unpaired) electrons. The van der Waals surface area contributed by atoms with Crippen molar-refractivity contribution >= 4 is 57.6 Å². The Labute approximate surface area is 290 Å². The number of hydrogen-bond donors (Lipinski definition) is 2. The second-order valence-corrected chi connectivity index (χ2v) is 13.9. The lowest BCUT2D eigenvalue weighted by molar-refractivity contribution is -0.144. The van der Waals surface area contributed by atoms with Crippen molar-refractivity contribution in [3.05, 3.63) is 63.8 Å². The number of furan rings is 1. The largest absolute Gasteiger partial charge is 0.481 e. The average Bonchev–Trinajstić information content (AvgIpc) is 3.72. The SMILES string of the molecule is CCOC1CCN([C@H]2C[C@@H](CO[C@H]3CC[C@H](C(=O)O)CC3)N(C(=O)Cc3cc(Cl)c(NC(=O)c4coc5ccccc45)cc3Cl)C2)CC1. The lowest BCUT2D eigenvalue weighted by Crippen LogP contribution is -2.45. The van der Waals surface area contributed by atoms with E-state index in [0.29, 0.717) is 78.2 Å². The van der Waals surface area contributed by atoms with Gasteiger partial charge in [-0.15, -0.1) is 0 Å². The van der Waals surface area contributed by atoms with E-state index in [9.17, 15) is 19.5 Å². The number of amides is 2. The number of piperidine rings is 1. The summed E-state index contributed by atoms with van der Waals surface area (Å²) in [6, 6.07) is 10.6. The Hall–Kier alpha value is -3.15. The van der Waals surface area contributed by atoms with Gasteiger partial charge in [-0.25, -0.2) is 0 Å². The molecule has 2 amide bonds. The average molecular weight is 701 g/mol. The Bertz CT molecular complexity index is 1610. The molecule has 3 heterocycles. The van der Waals surface area contributed by atoms with Crippen molar-refractivity contribution in [2.45, 2.75) is 82.6 Å². The fourth-order valence-electron chi connectivity index (χ4n) is 7.41. The molecule has 6 rings (SSSR count). The Morgan fingerprint density at radius 3 is 2.44 bits per heavy atom. The van der Waals surface area contributed by atoms with Crippen LogP contribution in [-0.2, 0) is 25.5 Å². The number of halogens is 2. The molecular weight excluding hydrogens is 657 g/mol. The summed E-state index contributed by atoms with van der Waals surface area (Å²) >= 11 is 13.3. The zero-order valence-electron chi connectivity index (χ0n) is 27.2. The summed E-state index contributed by atoms with van der Waals surface area (Å²) in [7, 11) is 0. The molecule has 3 aromatic rings. The molecule has 2 aromatic carbocycles. The number of hydrogen-bond acceptors (Lipinski definition) is 7. The summed E-state index contributed by atoms with van der Waals surface area (Å²) < 4.78 is 17.7. The predicted molar refractivity (Wildman–Crippen MR) is 184 cm³/mol. The third-order valence-electron chi connectivity index (χ3n) is 10.1. The summed E-state index contributed by atoms with van der Waals surface area (Å²) in [5.41, 5.74) is 1.90. The molecule has 12 heteroatoms. The van der Waals surface area contributed by atoms with Gasteiger partial charge in [0.25, 0.3) is 5.91 Å². The lowest BCUT2D eigenvalue weighted by Gasteiger charge is -2.35. The fourth-order valence-corrected chi connectivity index (χ4v) is 7.88. The van der Waals surface area contributed by atoms with E-state index in [2.05, 4.69) is 10.2 Å². The second-order valence-electron chi connectivity index (χ2n) is 13.1. The highest BCUT2D eigenvalue weighted by atomic mass is 35.5. The smallest absolute Gasteiger partial charge is 0.306 e. The molecule has 1 aromatic heterocycles. The molecule has 1 aliphatic carbocycles. The van der Waals surface area contributed by atoms with Crippen molar-refractivity contribution in [3.63, 3.8) is 0 Å². The van der Waals surface area contributed by atoms with Crippen LogP contribution < -0.4 is 5.32 Å². The maximum absolute atomic E-state index is 14.0. The minimum absolute atomic E-state index is 0.00502. The molecule has 2 aliphatic heterocycles. The molecule has 0 unspecified atom stereocenters. The Morgan fingerprint density at radius 2 is 1.71 bits per heavy atom. The van der Waals surface area contributed by atoms with Crippen molar-refractivity contribution < 1.29 is 33.4 Å². The van der Waals surface area contributed by atoms with Gasteiger partial charge >= 0.3 is 5.97 Å². The molecule has 258 valence electrons. The lowest BCUT2D eigenvalue weighted by atomic mass is 9.87. The minimum atomic E-state index is -0.738. The fraction of sp³-hybridized carbons (Fsp3) is 0.528. The second kappa shape index (κ2) is 15.6. The van der Waals surface area contributed by atoms with Gasteiger partial charge in [0.15, 0.2) is 0 Å². The molecule has 10 nitrogen and oxygen atoms in total. The number of carboxylic acid groups (broad SMARTS) is 1. The Kier molecular flexibility index (Phi) is 11.3. The van der Waals surface area contributed by atoms with E-state index < -0.39 is 5.97 Å². The van der Waals surface area contributed by atoms with Crippen LogP contribution >= 0.6 is 23.2 Å². The molecule has 0 bridgehead atoms. The van der Waals surface area contributed by atoms with Crippen LogP contribution in [0.15, 0.2) is 47.1 Å². The van der Waals surface area contributed by atoms with Gasteiger partial charge in [0.1, 0.15) is 11.8 Å². The zero-order valence-corrected chi connectivity index (χ0v) is 28.7. The first-order valence-corrected chi connectivity index (χ1v) is 17.7. The van der Waals surface area contributed by atoms with Gasteiger partial charge in [0.2, 0.25) is 5.91 Å². The van der Waals surface area contributed by atoms with Crippen LogP contribution in [0, 0.1) is 5.92 Å². The van der Waals surface area contributed by atoms with Gasteiger partial charge in [-0.05, 0) is 75.6 Å². The van der Waals surface area contributed by atoms with E-state index in [1.807, 2.05) is 30.0 Å². The van der Waals surface area contributed by atoms with Gasteiger partial charge < -0.3 is 29.2 Å². The van der Waals surface area contributed by atoms with Gasteiger partial charge in [-0.3, -0.25) is 19.3 Å². The number of para-hydroxylation sites is 1. The van der Waals surface area contributed by atoms with Crippen LogP contribution in [0.4, 0.5) is 5.69 Å². The van der Waals surface area contributed by atoms with Crippen LogP contribution in [-0.4, -0.2) is 89.8 Å². The summed E-state index contributed by atoms with van der Waals surface area (Å²) in [5, 5.41) is 13.5. The highest BCUT2D eigenvalue weighted by Gasteiger charge is 2.40. The number of aliphatic carboxylic acids is 1. The standard InChI is InChI=1S/C36H43Cl2N3O7/c1-2-46-27-11-13-40(14-12-27)24-17-25(20-47-26-9-7-22(8-10-26)36(44)45)41(19-24)34(42)16-23-15-31(38)32(18-30(23)37)39-35(43)29-21-48-33-6-4-3-5-28(29)33/h3-6,15,18,21-22,24-27H,2,7-14,16-17,19-20H2,1H3,(H,39,43)(H,44,45)/t22-,24-,25-,26-/m0/s1. The molecule has 48 heavy (non-hydrogen) atoms. The van der Waals surface area contributed by atoms with E-state index in [1.165, 1.54) is 6.26 Å². The maximum atomic E-state index is 14.0. The number of anilines is 1. The van der Waals surface area contributed by atoms with Crippen molar-refractivity contribution in [2.24, 2.45) is 5.92 Å². The number of nitrogens with zero attached hydrogens (tertiary/aromatic N) is 2. The van der Waals surface area contributed by atoms with E-state index in [0.717, 1.165) is 32.4 Å². The van der Waals surface area contributed by atoms with E-state index in [4.69, 9.17) is 37.1 Å². The number of fused-ring (bicyclic) bond motifs is 1. The molecule has 2 saturated heterocycles. The first kappa shape index (κ1) is 34.7. The molecule has 1 saturated carbocycles. The summed E-state index contributed by atoms with van der Waals surface area (Å²) in [5.74, 6) is -1.49. The molecule has 2 N–H and O–H groups in total. The third-order valence-corrected chi connectivity index (χ3v) is 10.8. The van der Waals surface area contributed by atoms with Crippen LogP contribution in [0.5, 0.6) is 0 Å². The van der Waals surface area contributed by atoms with Crippen LogP contribution in [0.25, 0.3) is 11.0 Å². The quantitative estimate of drug-likeness (QED) is 0.228. The van der Waals surface area contributed by atoms with Crippen molar-refractivity contribution in [1.29, 1.82) is 0 Å². The first-order valence-electron chi connectivity index (χ1n) is 16.9. The first-order chi connectivity index (χ1) is 23.2. The number of ether oxygens (including phenoxy) is 2. The minimum Gasteiger partial charge on any atom is -0.481 e.